The van der Waals surface area contributed by atoms with Crippen LogP contribution >= 0.6 is 11.3 Å². The zero-order valence-corrected chi connectivity index (χ0v) is 10.00. The molecule has 0 saturated heterocycles. The summed E-state index contributed by atoms with van der Waals surface area (Å²) in [5.74, 6) is 0. The zero-order valence-electron chi connectivity index (χ0n) is 9.18. The van der Waals surface area contributed by atoms with Gasteiger partial charge in [0.1, 0.15) is 5.01 Å². The summed E-state index contributed by atoms with van der Waals surface area (Å²) in [6.45, 7) is 2.88. The molecule has 0 aliphatic heterocycles. The van der Waals surface area contributed by atoms with E-state index in [1.54, 1.807) is 11.3 Å². The van der Waals surface area contributed by atoms with Gasteiger partial charge in [0.2, 0.25) is 0 Å². The minimum Gasteiger partial charge on any atom is -0.398 e. The summed E-state index contributed by atoms with van der Waals surface area (Å²) in [5.41, 5.74) is 7.84. The van der Waals surface area contributed by atoms with Gasteiger partial charge in [-0.15, -0.1) is 11.3 Å². The summed E-state index contributed by atoms with van der Waals surface area (Å²) in [6.07, 6.45) is 1.83. The maximum Gasteiger partial charge on any atom is 0.109 e. The smallest absolute Gasteiger partial charge is 0.109 e. The third-order valence-electron chi connectivity index (χ3n) is 2.48. The first-order valence-corrected chi connectivity index (χ1v) is 6.11. The highest BCUT2D eigenvalue weighted by Gasteiger charge is 2.07. The van der Waals surface area contributed by atoms with Crippen LogP contribution in [0.25, 0.3) is 0 Å². The third-order valence-corrected chi connectivity index (χ3v) is 3.43. The maximum absolute atomic E-state index is 5.87. The van der Waals surface area contributed by atoms with E-state index in [1.807, 2.05) is 35.8 Å². The molecule has 84 valence electrons. The van der Waals surface area contributed by atoms with E-state index in [1.165, 1.54) is 0 Å². The van der Waals surface area contributed by atoms with Crippen LogP contribution in [0.2, 0.25) is 0 Å². The Bertz CT molecular complexity index is 439. The number of rotatable bonds is 4. The lowest BCUT2D eigenvalue weighted by Gasteiger charge is -2.12. The van der Waals surface area contributed by atoms with Crippen molar-refractivity contribution in [3.05, 3.63) is 46.4 Å². The van der Waals surface area contributed by atoms with Gasteiger partial charge in [-0.25, -0.2) is 4.98 Å². The molecule has 4 heteroatoms. The van der Waals surface area contributed by atoms with Gasteiger partial charge in [0.15, 0.2) is 0 Å². The number of hydrogen-bond acceptors (Lipinski definition) is 4. The molecule has 0 aliphatic rings. The molecule has 0 bridgehead atoms. The highest BCUT2D eigenvalue weighted by molar-refractivity contribution is 7.09. The fraction of sp³-hybridized carbons (Fsp3) is 0.250. The first-order chi connectivity index (χ1) is 7.77. The molecule has 3 nitrogen and oxygen atoms in total. The molecule has 1 aromatic carbocycles. The third kappa shape index (κ3) is 2.59. The summed E-state index contributed by atoms with van der Waals surface area (Å²) in [7, 11) is 0. The van der Waals surface area contributed by atoms with Crippen LogP contribution in [0.5, 0.6) is 0 Å². The minimum absolute atomic E-state index is 0.264. The first kappa shape index (κ1) is 11.1. The Morgan fingerprint density at radius 3 is 2.94 bits per heavy atom. The molecular weight excluding hydrogens is 218 g/mol. The number of para-hydroxylation sites is 1. The molecule has 0 fully saturated rings. The predicted molar refractivity (Wildman–Crippen MR) is 68.2 cm³/mol. The molecule has 0 amide bonds. The molecule has 1 aromatic heterocycles. The summed E-state index contributed by atoms with van der Waals surface area (Å²) < 4.78 is 0. The molecule has 2 aromatic rings. The standard InChI is InChI=1S/C12H15N3S/c1-9(12-14-6-7-16-12)15-8-10-4-2-3-5-11(10)13/h2-7,9,15H,8,13H2,1H3. The Balaban J connectivity index is 1.95. The van der Waals surface area contributed by atoms with Crippen LogP contribution < -0.4 is 11.1 Å². The normalized spacial score (nSPS) is 12.6. The van der Waals surface area contributed by atoms with E-state index in [0.717, 1.165) is 22.8 Å². The van der Waals surface area contributed by atoms with Gasteiger partial charge in [0, 0.05) is 23.8 Å². The van der Waals surface area contributed by atoms with Crippen molar-refractivity contribution in [3.63, 3.8) is 0 Å². The van der Waals surface area contributed by atoms with Crippen LogP contribution in [0.4, 0.5) is 5.69 Å². The van der Waals surface area contributed by atoms with E-state index in [9.17, 15) is 0 Å². The van der Waals surface area contributed by atoms with Crippen molar-refractivity contribution in [2.24, 2.45) is 0 Å². The number of nitrogens with one attached hydrogen (secondary N) is 1. The summed E-state index contributed by atoms with van der Waals surface area (Å²) in [4.78, 5) is 4.28. The molecule has 2 rings (SSSR count). The molecule has 3 N–H and O–H groups in total. The monoisotopic (exact) mass is 233 g/mol. The second-order valence-electron chi connectivity index (χ2n) is 3.67. The number of hydrogen-bond donors (Lipinski definition) is 2. The Morgan fingerprint density at radius 2 is 2.25 bits per heavy atom. The van der Waals surface area contributed by atoms with Crippen molar-refractivity contribution < 1.29 is 0 Å². The van der Waals surface area contributed by atoms with Crippen LogP contribution in [0.1, 0.15) is 23.5 Å². The first-order valence-electron chi connectivity index (χ1n) is 5.23. The summed E-state index contributed by atoms with van der Waals surface area (Å²) in [5, 5.41) is 6.51. The lowest BCUT2D eigenvalue weighted by molar-refractivity contribution is 0.572. The second kappa shape index (κ2) is 5.09. The number of nitrogens with zero attached hydrogens (tertiary/aromatic N) is 1. The maximum atomic E-state index is 5.87. The van der Waals surface area contributed by atoms with Crippen LogP contribution in [0.3, 0.4) is 0 Å². The summed E-state index contributed by atoms with van der Waals surface area (Å²) >= 11 is 1.67. The predicted octanol–water partition coefficient (Wildman–Crippen LogP) is 2.58. The minimum atomic E-state index is 0.264. The van der Waals surface area contributed by atoms with Crippen molar-refractivity contribution in [2.45, 2.75) is 19.5 Å². The fourth-order valence-electron chi connectivity index (χ4n) is 1.49. The van der Waals surface area contributed by atoms with Crippen LogP contribution in [0.15, 0.2) is 35.8 Å². The lowest BCUT2D eigenvalue weighted by atomic mass is 10.2. The van der Waals surface area contributed by atoms with E-state index < -0.39 is 0 Å². The fourth-order valence-corrected chi connectivity index (χ4v) is 2.16. The largest absolute Gasteiger partial charge is 0.398 e. The average Bonchev–Trinajstić information content (AvgIpc) is 2.81. The van der Waals surface area contributed by atoms with Gasteiger partial charge in [-0.05, 0) is 18.6 Å². The highest BCUT2D eigenvalue weighted by atomic mass is 32.1. The van der Waals surface area contributed by atoms with E-state index in [0.29, 0.717) is 0 Å². The molecule has 16 heavy (non-hydrogen) atoms. The van der Waals surface area contributed by atoms with Crippen LogP contribution in [0, 0.1) is 0 Å². The van der Waals surface area contributed by atoms with Crippen molar-refractivity contribution in [1.29, 1.82) is 0 Å². The van der Waals surface area contributed by atoms with E-state index >= 15 is 0 Å². The molecule has 0 radical (unpaired) electrons. The SMILES string of the molecule is CC(NCc1ccccc1N)c1nccs1. The molecule has 0 saturated carbocycles. The number of anilines is 1. The van der Waals surface area contributed by atoms with Crippen molar-refractivity contribution in [2.75, 3.05) is 5.73 Å². The number of nitrogen functional groups attached to an aromatic ring is 1. The van der Waals surface area contributed by atoms with Crippen LogP contribution in [-0.2, 0) is 6.54 Å². The second-order valence-corrected chi connectivity index (χ2v) is 4.60. The lowest BCUT2D eigenvalue weighted by Crippen LogP contribution is -2.18. The highest BCUT2D eigenvalue weighted by Crippen LogP contribution is 2.16. The quantitative estimate of drug-likeness (QED) is 0.798. The van der Waals surface area contributed by atoms with Gasteiger partial charge in [-0.1, -0.05) is 18.2 Å². The molecule has 1 heterocycles. The Kier molecular flexibility index (Phi) is 3.54. The van der Waals surface area contributed by atoms with Crippen LogP contribution in [-0.4, -0.2) is 4.98 Å². The van der Waals surface area contributed by atoms with Crippen molar-refractivity contribution >= 4 is 17.0 Å². The topological polar surface area (TPSA) is 50.9 Å². The molecule has 1 atom stereocenters. The Hall–Kier alpha value is -1.39. The van der Waals surface area contributed by atoms with Crippen molar-refractivity contribution in [1.82, 2.24) is 10.3 Å². The van der Waals surface area contributed by atoms with E-state index in [-0.39, 0.29) is 6.04 Å². The van der Waals surface area contributed by atoms with Gasteiger partial charge in [-0.2, -0.15) is 0 Å². The average molecular weight is 233 g/mol. The Morgan fingerprint density at radius 1 is 1.44 bits per heavy atom. The molecule has 1 unspecified atom stereocenters. The van der Waals surface area contributed by atoms with Gasteiger partial charge in [-0.3, -0.25) is 0 Å². The number of nitrogens with two attached hydrogens (primary N) is 1. The number of aromatic nitrogens is 1. The van der Waals surface area contributed by atoms with Gasteiger partial charge < -0.3 is 11.1 Å². The summed E-state index contributed by atoms with van der Waals surface area (Å²) in [6, 6.07) is 8.17. The molecule has 0 spiro atoms. The van der Waals surface area contributed by atoms with Crippen molar-refractivity contribution in [3.8, 4) is 0 Å². The number of thiazole rings is 1. The van der Waals surface area contributed by atoms with Gasteiger partial charge >= 0.3 is 0 Å². The van der Waals surface area contributed by atoms with Gasteiger partial charge in [0.05, 0.1) is 6.04 Å². The van der Waals surface area contributed by atoms with E-state index in [4.69, 9.17) is 5.73 Å². The zero-order chi connectivity index (χ0) is 11.4. The molecule has 0 aliphatic carbocycles. The van der Waals surface area contributed by atoms with E-state index in [2.05, 4.69) is 17.2 Å². The van der Waals surface area contributed by atoms with Gasteiger partial charge in [0.25, 0.3) is 0 Å². The molecular formula is C12H15N3S. The Labute approximate surface area is 99.3 Å². The number of benzene rings is 1.